The maximum Gasteiger partial charge on any atom is 0.410 e. The normalized spacial score (nSPS) is 16.5. The van der Waals surface area contributed by atoms with Crippen molar-refractivity contribution in [2.24, 2.45) is 0 Å². The second-order valence-electron chi connectivity index (χ2n) is 6.00. The minimum absolute atomic E-state index is 0.147. The number of ether oxygens (including phenoxy) is 3. The van der Waals surface area contributed by atoms with Gasteiger partial charge in [0.05, 0.1) is 20.3 Å². The smallest absolute Gasteiger partial charge is 0.410 e. The van der Waals surface area contributed by atoms with Crippen LogP contribution in [0.5, 0.6) is 11.5 Å². The van der Waals surface area contributed by atoms with Gasteiger partial charge in [-0.15, -0.1) is 0 Å². The van der Waals surface area contributed by atoms with Gasteiger partial charge >= 0.3 is 6.09 Å². The lowest BCUT2D eigenvalue weighted by atomic mass is 10.0. The third-order valence-corrected chi connectivity index (χ3v) is 4.33. The molecule has 1 aliphatic rings. The molecule has 1 saturated heterocycles. The van der Waals surface area contributed by atoms with E-state index in [-0.39, 0.29) is 19.2 Å². The molecule has 3 rings (SSSR count). The van der Waals surface area contributed by atoms with Crippen molar-refractivity contribution in [1.82, 2.24) is 4.90 Å². The quantitative estimate of drug-likeness (QED) is 0.788. The molecule has 26 heavy (non-hydrogen) atoms. The van der Waals surface area contributed by atoms with Crippen LogP contribution >= 0.6 is 0 Å². The molecule has 1 atom stereocenters. The van der Waals surface area contributed by atoms with Crippen LogP contribution in [0.3, 0.4) is 0 Å². The summed E-state index contributed by atoms with van der Waals surface area (Å²) < 4.78 is 42.2. The maximum absolute atomic E-state index is 13.4. The van der Waals surface area contributed by atoms with Gasteiger partial charge in [0.1, 0.15) is 6.61 Å². The van der Waals surface area contributed by atoms with Crippen molar-refractivity contribution in [2.75, 3.05) is 20.8 Å². The van der Waals surface area contributed by atoms with Crippen molar-refractivity contribution >= 4 is 6.09 Å². The highest BCUT2D eigenvalue weighted by molar-refractivity contribution is 5.70. The van der Waals surface area contributed by atoms with E-state index < -0.39 is 17.7 Å². The Kier molecular flexibility index (Phi) is 5.25. The SMILES string of the molecule is COc1ccc(CC2COC(=O)N2Cc2ccc(F)c(F)c2)cc1OC. The van der Waals surface area contributed by atoms with Crippen LogP contribution in [0.4, 0.5) is 13.6 Å². The highest BCUT2D eigenvalue weighted by Gasteiger charge is 2.33. The molecule has 1 aliphatic heterocycles. The molecule has 138 valence electrons. The molecule has 0 N–H and O–H groups in total. The van der Waals surface area contributed by atoms with Crippen LogP contribution < -0.4 is 9.47 Å². The fourth-order valence-corrected chi connectivity index (χ4v) is 2.97. The molecule has 2 aromatic rings. The van der Waals surface area contributed by atoms with Crippen molar-refractivity contribution in [1.29, 1.82) is 0 Å². The summed E-state index contributed by atoms with van der Waals surface area (Å²) in [5.74, 6) is -0.637. The molecule has 0 spiro atoms. The molecule has 1 unspecified atom stereocenters. The number of amides is 1. The van der Waals surface area contributed by atoms with E-state index in [2.05, 4.69) is 0 Å². The third kappa shape index (κ3) is 3.71. The summed E-state index contributed by atoms with van der Waals surface area (Å²) in [6.07, 6.45) is 0.0654. The second-order valence-corrected chi connectivity index (χ2v) is 6.00. The predicted octanol–water partition coefficient (Wildman–Crippen LogP) is 3.55. The molecule has 0 bridgehead atoms. The fourth-order valence-electron chi connectivity index (χ4n) is 2.97. The van der Waals surface area contributed by atoms with Gasteiger partial charge in [-0.05, 0) is 41.8 Å². The summed E-state index contributed by atoms with van der Waals surface area (Å²) in [6, 6.07) is 8.91. The fraction of sp³-hybridized carbons (Fsp3) is 0.316. The summed E-state index contributed by atoms with van der Waals surface area (Å²) in [5, 5.41) is 0. The first-order valence-electron chi connectivity index (χ1n) is 8.10. The van der Waals surface area contributed by atoms with Crippen molar-refractivity contribution in [3.8, 4) is 11.5 Å². The van der Waals surface area contributed by atoms with E-state index in [4.69, 9.17) is 14.2 Å². The molecular formula is C19H19F2NO4. The molecule has 0 aliphatic carbocycles. The lowest BCUT2D eigenvalue weighted by molar-refractivity contribution is 0.156. The Morgan fingerprint density at radius 3 is 2.46 bits per heavy atom. The molecule has 1 heterocycles. The van der Waals surface area contributed by atoms with Crippen molar-refractivity contribution in [3.05, 3.63) is 59.2 Å². The average Bonchev–Trinajstić information content (AvgIpc) is 2.98. The Bertz CT molecular complexity index is 812. The van der Waals surface area contributed by atoms with Gasteiger partial charge in [0.25, 0.3) is 0 Å². The molecule has 7 heteroatoms. The van der Waals surface area contributed by atoms with Crippen LogP contribution in [0.25, 0.3) is 0 Å². The Morgan fingerprint density at radius 2 is 1.77 bits per heavy atom. The van der Waals surface area contributed by atoms with E-state index in [1.165, 1.54) is 11.0 Å². The minimum atomic E-state index is -0.938. The van der Waals surface area contributed by atoms with E-state index in [1.807, 2.05) is 12.1 Å². The monoisotopic (exact) mass is 363 g/mol. The first-order chi connectivity index (χ1) is 12.5. The Morgan fingerprint density at radius 1 is 1.04 bits per heavy atom. The van der Waals surface area contributed by atoms with Crippen LogP contribution in [0.1, 0.15) is 11.1 Å². The van der Waals surface area contributed by atoms with E-state index in [1.54, 1.807) is 20.3 Å². The second kappa shape index (κ2) is 7.59. The molecule has 0 aromatic heterocycles. The topological polar surface area (TPSA) is 48.0 Å². The number of cyclic esters (lactones) is 1. The number of rotatable bonds is 6. The Balaban J connectivity index is 1.76. The van der Waals surface area contributed by atoms with Crippen LogP contribution in [0.2, 0.25) is 0 Å². The average molecular weight is 363 g/mol. The van der Waals surface area contributed by atoms with Gasteiger partial charge in [-0.1, -0.05) is 12.1 Å². The van der Waals surface area contributed by atoms with E-state index in [0.717, 1.165) is 17.7 Å². The summed E-state index contributed by atoms with van der Waals surface area (Å²) in [5.41, 5.74) is 1.45. The molecule has 0 radical (unpaired) electrons. The Labute approximate surface area is 150 Å². The van der Waals surface area contributed by atoms with Gasteiger partial charge in [-0.2, -0.15) is 0 Å². The predicted molar refractivity (Wildman–Crippen MR) is 90.3 cm³/mol. The first-order valence-corrected chi connectivity index (χ1v) is 8.10. The zero-order chi connectivity index (χ0) is 18.7. The van der Waals surface area contributed by atoms with Crippen LogP contribution in [0.15, 0.2) is 36.4 Å². The van der Waals surface area contributed by atoms with E-state index >= 15 is 0 Å². The number of carbonyl (C=O) groups excluding carboxylic acids is 1. The summed E-state index contributed by atoms with van der Waals surface area (Å²) in [7, 11) is 3.11. The van der Waals surface area contributed by atoms with Crippen LogP contribution in [-0.2, 0) is 17.7 Å². The van der Waals surface area contributed by atoms with Gasteiger partial charge in [0, 0.05) is 6.54 Å². The van der Waals surface area contributed by atoms with Gasteiger partial charge < -0.3 is 14.2 Å². The summed E-state index contributed by atoms with van der Waals surface area (Å²) >= 11 is 0. The molecule has 2 aromatic carbocycles. The number of benzene rings is 2. The Hall–Kier alpha value is -2.83. The minimum Gasteiger partial charge on any atom is -0.493 e. The first kappa shape index (κ1) is 18.0. The zero-order valence-electron chi connectivity index (χ0n) is 14.5. The standard InChI is InChI=1S/C19H19F2NO4/c1-24-17-6-4-12(9-18(17)25-2)7-14-11-26-19(23)22(14)10-13-3-5-15(20)16(21)8-13/h3-6,8-9,14H,7,10-11H2,1-2H3. The van der Waals surface area contributed by atoms with Gasteiger partial charge in [-0.25, -0.2) is 13.6 Å². The number of methoxy groups -OCH3 is 2. The van der Waals surface area contributed by atoms with Crippen molar-refractivity contribution in [2.45, 2.75) is 19.0 Å². The highest BCUT2D eigenvalue weighted by Crippen LogP contribution is 2.29. The third-order valence-electron chi connectivity index (χ3n) is 4.33. The van der Waals surface area contributed by atoms with Crippen LogP contribution in [-0.4, -0.2) is 37.9 Å². The number of hydrogen-bond donors (Lipinski definition) is 0. The molecule has 1 amide bonds. The molecule has 1 fully saturated rings. The van der Waals surface area contributed by atoms with Gasteiger partial charge in [0.15, 0.2) is 23.1 Å². The van der Waals surface area contributed by atoms with E-state index in [0.29, 0.717) is 23.5 Å². The van der Waals surface area contributed by atoms with Crippen LogP contribution in [0, 0.1) is 11.6 Å². The van der Waals surface area contributed by atoms with Crippen molar-refractivity contribution in [3.63, 3.8) is 0 Å². The number of carbonyl (C=O) groups is 1. The lowest BCUT2D eigenvalue weighted by Crippen LogP contribution is -2.34. The van der Waals surface area contributed by atoms with E-state index in [9.17, 15) is 13.6 Å². The zero-order valence-corrected chi connectivity index (χ0v) is 14.5. The van der Waals surface area contributed by atoms with Gasteiger partial charge in [0.2, 0.25) is 0 Å². The summed E-state index contributed by atoms with van der Waals surface area (Å²) in [6.45, 7) is 0.380. The maximum atomic E-state index is 13.4. The molecule has 5 nitrogen and oxygen atoms in total. The summed E-state index contributed by atoms with van der Waals surface area (Å²) in [4.78, 5) is 13.6. The number of halogens is 2. The lowest BCUT2D eigenvalue weighted by Gasteiger charge is -2.22. The largest absolute Gasteiger partial charge is 0.493 e. The van der Waals surface area contributed by atoms with Gasteiger partial charge in [-0.3, -0.25) is 4.90 Å². The molecular weight excluding hydrogens is 344 g/mol. The van der Waals surface area contributed by atoms with Crippen molar-refractivity contribution < 1.29 is 27.8 Å². The highest BCUT2D eigenvalue weighted by atomic mass is 19.2. The number of nitrogens with zero attached hydrogens (tertiary/aromatic N) is 1. The molecule has 0 saturated carbocycles. The number of hydrogen-bond acceptors (Lipinski definition) is 4.